The first-order valence-corrected chi connectivity index (χ1v) is 10.9. The number of para-hydroxylation sites is 2. The molecule has 0 spiro atoms. The Bertz CT molecular complexity index is 1260. The van der Waals surface area contributed by atoms with Crippen LogP contribution in [0.2, 0.25) is 5.02 Å². The van der Waals surface area contributed by atoms with Gasteiger partial charge in [0.1, 0.15) is 11.6 Å². The maximum atomic E-state index is 13.6. The van der Waals surface area contributed by atoms with Crippen molar-refractivity contribution in [2.24, 2.45) is 5.10 Å². The number of nitrogens with zero attached hydrogens (tertiary/aromatic N) is 1. The number of anilines is 2. The topological polar surface area (TPSA) is 109 Å². The van der Waals surface area contributed by atoms with Gasteiger partial charge < -0.3 is 15.4 Å². The molecule has 0 saturated heterocycles. The highest BCUT2D eigenvalue weighted by molar-refractivity contribution is 9.10. The predicted molar refractivity (Wildman–Crippen MR) is 130 cm³/mol. The Labute approximate surface area is 207 Å². The minimum absolute atomic E-state index is 0.135. The number of amides is 3. The number of rotatable bonds is 7. The van der Waals surface area contributed by atoms with Gasteiger partial charge in [-0.25, -0.2) is 9.82 Å². The quantitative estimate of drug-likeness (QED) is 0.232. The highest BCUT2D eigenvalue weighted by Crippen LogP contribution is 2.23. The van der Waals surface area contributed by atoms with Gasteiger partial charge >= 0.3 is 11.8 Å². The molecule has 0 atom stereocenters. The zero-order valence-electron chi connectivity index (χ0n) is 17.3. The fourth-order valence-corrected chi connectivity index (χ4v) is 3.16. The second kappa shape index (κ2) is 11.9. The van der Waals surface area contributed by atoms with Crippen LogP contribution in [-0.2, 0) is 14.4 Å². The molecule has 0 aliphatic rings. The summed E-state index contributed by atoms with van der Waals surface area (Å²) in [4.78, 5) is 36.1. The van der Waals surface area contributed by atoms with Crippen LogP contribution in [-0.4, -0.2) is 30.5 Å². The molecule has 3 amide bonds. The van der Waals surface area contributed by atoms with E-state index < -0.39 is 23.5 Å². The number of nitrogens with one attached hydrogen (secondary N) is 3. The van der Waals surface area contributed by atoms with Crippen molar-refractivity contribution in [3.05, 3.63) is 87.6 Å². The van der Waals surface area contributed by atoms with Crippen LogP contribution in [0, 0.1) is 5.82 Å². The minimum atomic E-state index is -1.10. The first-order chi connectivity index (χ1) is 16.3. The van der Waals surface area contributed by atoms with Crippen LogP contribution < -0.4 is 20.8 Å². The van der Waals surface area contributed by atoms with Gasteiger partial charge in [-0.3, -0.25) is 14.4 Å². The van der Waals surface area contributed by atoms with Crippen LogP contribution in [0.3, 0.4) is 0 Å². The molecule has 34 heavy (non-hydrogen) atoms. The van der Waals surface area contributed by atoms with E-state index >= 15 is 0 Å². The lowest BCUT2D eigenvalue weighted by atomic mass is 10.2. The standard InChI is InChI=1S/C23H17BrClFN4O4/c24-15-9-10-20(34-13-21(31)28-18-7-3-1-5-16(18)25)14(11-15)12-27-30-23(33)22(32)29-19-8-4-2-6-17(19)26/h1-12H,13H2,(H,28,31)(H,29,32)(H,30,33)/b27-12-. The molecule has 0 radical (unpaired) electrons. The number of carbonyl (C=O) groups is 3. The van der Waals surface area contributed by atoms with Crippen LogP contribution >= 0.6 is 27.5 Å². The van der Waals surface area contributed by atoms with Crippen LogP contribution in [0.1, 0.15) is 5.56 Å². The lowest BCUT2D eigenvalue weighted by Gasteiger charge is -2.11. The monoisotopic (exact) mass is 546 g/mol. The van der Waals surface area contributed by atoms with Gasteiger partial charge in [-0.05, 0) is 42.5 Å². The summed E-state index contributed by atoms with van der Waals surface area (Å²) in [6, 6.07) is 17.1. The van der Waals surface area contributed by atoms with Crippen molar-refractivity contribution in [1.82, 2.24) is 5.43 Å². The lowest BCUT2D eigenvalue weighted by molar-refractivity contribution is -0.136. The van der Waals surface area contributed by atoms with Crippen LogP contribution in [0.15, 0.2) is 76.3 Å². The summed E-state index contributed by atoms with van der Waals surface area (Å²) in [5.41, 5.74) is 2.78. The van der Waals surface area contributed by atoms with Crippen molar-refractivity contribution >= 4 is 62.8 Å². The number of ether oxygens (including phenoxy) is 1. The van der Waals surface area contributed by atoms with Crippen LogP contribution in [0.4, 0.5) is 15.8 Å². The molecule has 0 fully saturated rings. The largest absolute Gasteiger partial charge is 0.483 e. The van der Waals surface area contributed by atoms with Gasteiger partial charge in [-0.15, -0.1) is 0 Å². The van der Waals surface area contributed by atoms with E-state index in [1.807, 2.05) is 0 Å². The summed E-state index contributed by atoms with van der Waals surface area (Å²) in [6.45, 7) is -0.314. The first kappa shape index (κ1) is 24.9. The van der Waals surface area contributed by atoms with E-state index in [1.54, 1.807) is 42.5 Å². The number of hydrogen-bond acceptors (Lipinski definition) is 5. The van der Waals surface area contributed by atoms with Crippen molar-refractivity contribution in [2.75, 3.05) is 17.2 Å². The molecule has 0 heterocycles. The van der Waals surface area contributed by atoms with Gasteiger partial charge in [0.2, 0.25) is 0 Å². The Balaban J connectivity index is 1.59. The van der Waals surface area contributed by atoms with Crippen LogP contribution in [0.25, 0.3) is 0 Å². The van der Waals surface area contributed by atoms with Crippen molar-refractivity contribution in [3.8, 4) is 5.75 Å². The van der Waals surface area contributed by atoms with E-state index in [1.165, 1.54) is 24.4 Å². The van der Waals surface area contributed by atoms with Gasteiger partial charge in [0.05, 0.1) is 22.6 Å². The summed E-state index contributed by atoms with van der Waals surface area (Å²) >= 11 is 9.34. The Morgan fingerprint density at radius 1 is 0.971 bits per heavy atom. The second-order valence-corrected chi connectivity index (χ2v) is 7.95. The molecule has 3 aromatic rings. The molecule has 0 aromatic heterocycles. The van der Waals surface area contributed by atoms with E-state index in [2.05, 4.69) is 37.1 Å². The number of hydrogen-bond donors (Lipinski definition) is 3. The molecular weight excluding hydrogens is 531 g/mol. The van der Waals surface area contributed by atoms with Gasteiger partial charge in [-0.1, -0.05) is 51.8 Å². The molecule has 3 rings (SSSR count). The minimum Gasteiger partial charge on any atom is -0.483 e. The fourth-order valence-electron chi connectivity index (χ4n) is 2.60. The van der Waals surface area contributed by atoms with Gasteiger partial charge in [0, 0.05) is 10.0 Å². The Hall–Kier alpha value is -3.76. The van der Waals surface area contributed by atoms with Gasteiger partial charge in [0.25, 0.3) is 5.91 Å². The molecule has 0 aliphatic heterocycles. The third kappa shape index (κ3) is 7.12. The fraction of sp³-hybridized carbons (Fsp3) is 0.0435. The third-order valence-corrected chi connectivity index (χ3v) is 5.00. The zero-order valence-corrected chi connectivity index (χ0v) is 19.7. The summed E-state index contributed by atoms with van der Waals surface area (Å²) in [5.74, 6) is -3.01. The summed E-state index contributed by atoms with van der Waals surface area (Å²) < 4.78 is 19.9. The van der Waals surface area contributed by atoms with Gasteiger partial charge in [0.15, 0.2) is 6.61 Å². The SMILES string of the molecule is O=C(COc1ccc(Br)cc1/C=N\NC(=O)C(=O)Nc1ccccc1F)Nc1ccccc1Cl. The van der Waals surface area contributed by atoms with E-state index in [-0.39, 0.29) is 12.3 Å². The average Bonchev–Trinajstić information content (AvgIpc) is 2.81. The smallest absolute Gasteiger partial charge is 0.329 e. The molecular formula is C23H17BrClFN4O4. The summed E-state index contributed by atoms with van der Waals surface area (Å²) in [7, 11) is 0. The van der Waals surface area contributed by atoms with Crippen molar-refractivity contribution in [3.63, 3.8) is 0 Å². The number of benzene rings is 3. The molecule has 0 unspecified atom stereocenters. The van der Waals surface area contributed by atoms with Gasteiger partial charge in [-0.2, -0.15) is 5.10 Å². The predicted octanol–water partition coefficient (Wildman–Crippen LogP) is 4.35. The average molecular weight is 548 g/mol. The Kier molecular flexibility index (Phi) is 8.72. The second-order valence-electron chi connectivity index (χ2n) is 6.63. The molecule has 11 heteroatoms. The maximum absolute atomic E-state index is 13.6. The molecule has 8 nitrogen and oxygen atoms in total. The molecule has 0 saturated carbocycles. The summed E-state index contributed by atoms with van der Waals surface area (Å²) in [5, 5.41) is 8.92. The molecule has 174 valence electrons. The van der Waals surface area contributed by atoms with E-state index in [4.69, 9.17) is 16.3 Å². The van der Waals surface area contributed by atoms with E-state index in [0.717, 1.165) is 6.07 Å². The molecule has 0 aliphatic carbocycles. The normalized spacial score (nSPS) is 10.6. The molecule has 0 bridgehead atoms. The van der Waals surface area contributed by atoms with Crippen molar-refractivity contribution in [1.29, 1.82) is 0 Å². The Morgan fingerprint density at radius 2 is 1.68 bits per heavy atom. The highest BCUT2D eigenvalue weighted by Gasteiger charge is 2.15. The Morgan fingerprint density at radius 3 is 2.41 bits per heavy atom. The van der Waals surface area contributed by atoms with E-state index in [0.29, 0.717) is 26.5 Å². The number of hydrazone groups is 1. The summed E-state index contributed by atoms with van der Waals surface area (Å²) in [6.07, 6.45) is 1.24. The molecule has 3 aromatic carbocycles. The third-order valence-electron chi connectivity index (χ3n) is 4.18. The molecule has 3 N–H and O–H groups in total. The lowest BCUT2D eigenvalue weighted by Crippen LogP contribution is -2.32. The number of carbonyl (C=O) groups excluding carboxylic acids is 3. The zero-order chi connectivity index (χ0) is 24.5. The van der Waals surface area contributed by atoms with E-state index in [9.17, 15) is 18.8 Å². The highest BCUT2D eigenvalue weighted by atomic mass is 79.9. The van der Waals surface area contributed by atoms with Crippen molar-refractivity contribution < 1.29 is 23.5 Å². The van der Waals surface area contributed by atoms with Crippen molar-refractivity contribution in [2.45, 2.75) is 0 Å². The van der Waals surface area contributed by atoms with Crippen LogP contribution in [0.5, 0.6) is 5.75 Å². The maximum Gasteiger partial charge on any atom is 0.329 e. The first-order valence-electron chi connectivity index (χ1n) is 9.69. The number of halogens is 3.